The first-order valence-electron chi connectivity index (χ1n) is 9.28. The summed E-state index contributed by atoms with van der Waals surface area (Å²) in [5.74, 6) is -2.84. The van der Waals surface area contributed by atoms with E-state index in [1.54, 1.807) is 37.9 Å². The largest absolute Gasteiger partial charge is 0.297 e. The van der Waals surface area contributed by atoms with Gasteiger partial charge in [-0.1, -0.05) is 32.9 Å². The van der Waals surface area contributed by atoms with E-state index in [1.807, 2.05) is 0 Å². The number of anilines is 1. The van der Waals surface area contributed by atoms with Gasteiger partial charge in [-0.3, -0.25) is 29.5 Å². The van der Waals surface area contributed by atoms with Crippen LogP contribution in [0.3, 0.4) is 0 Å². The zero-order chi connectivity index (χ0) is 21.1. The van der Waals surface area contributed by atoms with Crippen molar-refractivity contribution in [1.29, 1.82) is 0 Å². The van der Waals surface area contributed by atoms with Gasteiger partial charge < -0.3 is 0 Å². The number of carbonyl (C=O) groups is 3. The number of hydrogen-bond acceptors (Lipinski definition) is 7. The quantitative estimate of drug-likeness (QED) is 0.438. The summed E-state index contributed by atoms with van der Waals surface area (Å²) < 4.78 is 0. The number of imide groups is 1. The number of nitro benzene ring substituents is 1. The van der Waals surface area contributed by atoms with Gasteiger partial charge in [0, 0.05) is 23.8 Å². The lowest BCUT2D eigenvalue weighted by Gasteiger charge is -2.33. The molecule has 0 spiro atoms. The molecule has 150 valence electrons. The molecule has 9 nitrogen and oxygen atoms in total. The number of benzene rings is 1. The van der Waals surface area contributed by atoms with Gasteiger partial charge in [0.15, 0.2) is 5.78 Å². The van der Waals surface area contributed by atoms with Crippen molar-refractivity contribution in [3.05, 3.63) is 46.5 Å². The number of allylic oxidation sites excluding steroid dienone is 1. The number of rotatable bonds is 3. The van der Waals surface area contributed by atoms with Crippen LogP contribution in [0, 0.1) is 27.4 Å². The van der Waals surface area contributed by atoms with Crippen molar-refractivity contribution in [2.45, 2.75) is 32.9 Å². The third-order valence-electron chi connectivity index (χ3n) is 5.60. The predicted octanol–water partition coefficient (Wildman–Crippen LogP) is 1.92. The maximum Gasteiger partial charge on any atom is 0.271 e. The molecular weight excluding hydrogens is 376 g/mol. The van der Waals surface area contributed by atoms with Crippen molar-refractivity contribution in [2.75, 3.05) is 4.90 Å². The third kappa shape index (κ3) is 2.76. The minimum Gasteiger partial charge on any atom is -0.297 e. The maximum absolute atomic E-state index is 13.3. The summed E-state index contributed by atoms with van der Waals surface area (Å²) in [5.41, 5.74) is -0.810. The summed E-state index contributed by atoms with van der Waals surface area (Å²) in [6.45, 7) is 5.29. The van der Waals surface area contributed by atoms with E-state index in [-0.39, 0.29) is 17.2 Å². The van der Waals surface area contributed by atoms with Gasteiger partial charge in [0.05, 0.1) is 28.5 Å². The first-order valence-corrected chi connectivity index (χ1v) is 9.28. The molecule has 3 heterocycles. The van der Waals surface area contributed by atoms with Crippen molar-refractivity contribution in [3.8, 4) is 0 Å². The van der Waals surface area contributed by atoms with E-state index < -0.39 is 46.1 Å². The topological polar surface area (TPSA) is 113 Å². The van der Waals surface area contributed by atoms with E-state index in [0.717, 1.165) is 4.90 Å². The molecule has 4 atom stereocenters. The first kappa shape index (κ1) is 19.0. The smallest absolute Gasteiger partial charge is 0.271 e. The van der Waals surface area contributed by atoms with Crippen LogP contribution < -0.4 is 4.90 Å². The highest BCUT2D eigenvalue weighted by Gasteiger charge is 2.64. The van der Waals surface area contributed by atoms with E-state index in [1.165, 1.54) is 30.5 Å². The van der Waals surface area contributed by atoms with Crippen LogP contribution in [0.5, 0.6) is 0 Å². The summed E-state index contributed by atoms with van der Waals surface area (Å²) >= 11 is 0. The van der Waals surface area contributed by atoms with Crippen molar-refractivity contribution in [1.82, 2.24) is 5.01 Å². The minimum atomic E-state index is -0.890. The molecule has 9 heteroatoms. The lowest BCUT2D eigenvalue weighted by atomic mass is 9.80. The van der Waals surface area contributed by atoms with Crippen LogP contribution in [0.4, 0.5) is 11.4 Å². The predicted molar refractivity (Wildman–Crippen MR) is 104 cm³/mol. The van der Waals surface area contributed by atoms with E-state index >= 15 is 0 Å². The van der Waals surface area contributed by atoms with Crippen LogP contribution in [-0.2, 0) is 14.4 Å². The molecule has 0 aromatic heterocycles. The number of hydrazone groups is 1. The van der Waals surface area contributed by atoms with Crippen LogP contribution in [0.1, 0.15) is 20.8 Å². The Morgan fingerprint density at radius 3 is 2.52 bits per heavy atom. The molecule has 0 bridgehead atoms. The molecule has 1 aromatic rings. The summed E-state index contributed by atoms with van der Waals surface area (Å²) in [6.07, 6.45) is 4.99. The summed E-state index contributed by atoms with van der Waals surface area (Å²) in [5, 5.41) is 16.9. The molecular formula is C20H20N4O5. The molecule has 3 aliphatic heterocycles. The summed E-state index contributed by atoms with van der Waals surface area (Å²) in [7, 11) is 0. The van der Waals surface area contributed by atoms with Crippen molar-refractivity contribution in [3.63, 3.8) is 0 Å². The molecule has 2 fully saturated rings. The average molecular weight is 396 g/mol. The Morgan fingerprint density at radius 2 is 1.86 bits per heavy atom. The monoisotopic (exact) mass is 396 g/mol. The number of fused-ring (bicyclic) bond motifs is 3. The second-order valence-electron chi connectivity index (χ2n) is 8.42. The van der Waals surface area contributed by atoms with E-state index in [0.29, 0.717) is 0 Å². The molecule has 0 radical (unpaired) electrons. The van der Waals surface area contributed by atoms with E-state index in [2.05, 4.69) is 5.10 Å². The van der Waals surface area contributed by atoms with Gasteiger partial charge in [0.1, 0.15) is 6.04 Å². The molecule has 0 N–H and O–H groups in total. The van der Waals surface area contributed by atoms with Gasteiger partial charge in [0.25, 0.3) is 5.69 Å². The normalized spacial score (nSPS) is 28.0. The fourth-order valence-electron chi connectivity index (χ4n) is 4.28. The van der Waals surface area contributed by atoms with Crippen LogP contribution in [0.15, 0.2) is 41.5 Å². The highest BCUT2D eigenvalue weighted by Crippen LogP contribution is 2.47. The molecule has 0 saturated carbocycles. The Hall–Kier alpha value is -3.36. The Balaban J connectivity index is 1.79. The van der Waals surface area contributed by atoms with Crippen LogP contribution in [0.25, 0.3) is 0 Å². The minimum absolute atomic E-state index is 0.139. The van der Waals surface area contributed by atoms with Crippen molar-refractivity contribution >= 4 is 35.2 Å². The second kappa shape index (κ2) is 6.33. The van der Waals surface area contributed by atoms with Gasteiger partial charge in [-0.2, -0.15) is 5.10 Å². The zero-order valence-corrected chi connectivity index (χ0v) is 16.2. The maximum atomic E-state index is 13.3. The van der Waals surface area contributed by atoms with Gasteiger partial charge in [0.2, 0.25) is 11.8 Å². The molecule has 2 amide bonds. The van der Waals surface area contributed by atoms with Gasteiger partial charge >= 0.3 is 0 Å². The number of Topliss-reactive ketones (excluding diaryl/α,β-unsaturated/α-hetero) is 1. The zero-order valence-electron chi connectivity index (χ0n) is 16.2. The molecule has 0 aliphatic carbocycles. The first-order chi connectivity index (χ1) is 13.6. The number of ketones is 1. The van der Waals surface area contributed by atoms with Crippen molar-refractivity contribution < 1.29 is 19.3 Å². The third-order valence-corrected chi connectivity index (χ3v) is 5.60. The number of amides is 2. The lowest BCUT2D eigenvalue weighted by Crippen LogP contribution is -2.49. The molecule has 29 heavy (non-hydrogen) atoms. The summed E-state index contributed by atoms with van der Waals surface area (Å²) in [6, 6.07) is 4.02. The van der Waals surface area contributed by atoms with Gasteiger partial charge in [-0.15, -0.1) is 0 Å². The molecule has 1 aromatic carbocycles. The summed E-state index contributed by atoms with van der Waals surface area (Å²) in [4.78, 5) is 51.3. The SMILES string of the molecule is CC(C)(C)C(=O)[C@H]1[C@H]2C(=O)N(c3cccc([N+](=O)[O-])c3)C(=O)[C@H]2[C@@H]2C=CC=NN21. The van der Waals surface area contributed by atoms with Gasteiger partial charge in [-0.25, -0.2) is 4.90 Å². The Bertz CT molecular complexity index is 993. The Morgan fingerprint density at radius 1 is 1.17 bits per heavy atom. The standard InChI is InChI=1S/C20H20N4O5/c1-20(2,3)17(25)16-15-14(13-8-5-9-21-23(13)16)18(26)22(19(15)27)11-6-4-7-12(10-11)24(28)29/h4-10,13-16H,1-3H3/t13-,14-,15-,16+/m0/s1. The number of non-ortho nitro benzene ring substituents is 1. The highest BCUT2D eigenvalue weighted by molar-refractivity contribution is 6.24. The highest BCUT2D eigenvalue weighted by atomic mass is 16.6. The molecule has 0 unspecified atom stereocenters. The number of nitrogens with zero attached hydrogens (tertiary/aromatic N) is 4. The van der Waals surface area contributed by atoms with E-state index in [4.69, 9.17) is 0 Å². The van der Waals surface area contributed by atoms with Crippen LogP contribution in [-0.4, -0.2) is 45.8 Å². The second-order valence-corrected chi connectivity index (χ2v) is 8.42. The molecule has 3 aliphatic rings. The Kier molecular flexibility index (Phi) is 4.14. The number of carbonyl (C=O) groups excluding carboxylic acids is 3. The fraction of sp³-hybridized carbons (Fsp3) is 0.400. The van der Waals surface area contributed by atoms with E-state index in [9.17, 15) is 24.5 Å². The average Bonchev–Trinajstić information content (AvgIpc) is 3.13. The lowest BCUT2D eigenvalue weighted by molar-refractivity contribution is -0.384. The number of nitro groups is 1. The van der Waals surface area contributed by atoms with Crippen LogP contribution >= 0.6 is 0 Å². The van der Waals surface area contributed by atoms with Crippen LogP contribution in [0.2, 0.25) is 0 Å². The van der Waals surface area contributed by atoms with Crippen molar-refractivity contribution in [2.24, 2.45) is 22.4 Å². The number of hydrogen-bond donors (Lipinski definition) is 0. The molecule has 2 saturated heterocycles. The van der Waals surface area contributed by atoms with Gasteiger partial charge in [-0.05, 0) is 12.1 Å². The Labute approximate surface area is 166 Å². The fourth-order valence-corrected chi connectivity index (χ4v) is 4.28. The molecule has 4 rings (SSSR count).